The number of nitrogens with zero attached hydrogens (tertiary/aromatic N) is 1. The van der Waals surface area contributed by atoms with E-state index in [2.05, 4.69) is 20.4 Å². The van der Waals surface area contributed by atoms with Crippen LogP contribution in [0.15, 0.2) is 65.2 Å². The van der Waals surface area contributed by atoms with E-state index in [1.54, 1.807) is 30.5 Å². The molecule has 0 atom stereocenters. The number of carbonyl (C=O) groups is 2. The summed E-state index contributed by atoms with van der Waals surface area (Å²) >= 11 is 0. The number of carbonyl (C=O) groups excluding carboxylic acids is 2. The van der Waals surface area contributed by atoms with Crippen LogP contribution >= 0.6 is 0 Å². The second-order valence-electron chi connectivity index (χ2n) is 5.73. The summed E-state index contributed by atoms with van der Waals surface area (Å²) in [5.74, 6) is 1.05. The molecule has 2 aromatic carbocycles. The predicted octanol–water partition coefficient (Wildman–Crippen LogP) is 4.09. The van der Waals surface area contributed by atoms with Gasteiger partial charge in [-0.3, -0.25) is 10.1 Å². The molecule has 1 heterocycles. The first-order chi connectivity index (χ1) is 13.1. The van der Waals surface area contributed by atoms with Gasteiger partial charge in [-0.15, -0.1) is 0 Å². The summed E-state index contributed by atoms with van der Waals surface area (Å²) in [7, 11) is 1.29. The van der Waals surface area contributed by atoms with Crippen molar-refractivity contribution in [1.29, 1.82) is 0 Å². The standard InChI is InChI=1S/C20H19N3O4/c1-26-20(25)23-16-9-7-15(8-10-16)22-18(24)11-12-19-21-13-17(27-19)14-5-3-2-4-6-14/h2-10,13H,11-12H2,1H3,(H,22,24)(H,23,25). The smallest absolute Gasteiger partial charge is 0.411 e. The number of aromatic nitrogens is 1. The van der Waals surface area contributed by atoms with Crippen LogP contribution in [0.3, 0.4) is 0 Å². The lowest BCUT2D eigenvalue weighted by Gasteiger charge is -2.07. The Balaban J connectivity index is 1.50. The number of rotatable bonds is 6. The van der Waals surface area contributed by atoms with Crippen LogP contribution in [0.1, 0.15) is 12.3 Å². The van der Waals surface area contributed by atoms with E-state index in [0.29, 0.717) is 29.4 Å². The number of hydrogen-bond donors (Lipinski definition) is 2. The average molecular weight is 365 g/mol. The molecule has 27 heavy (non-hydrogen) atoms. The molecule has 0 aliphatic rings. The van der Waals surface area contributed by atoms with E-state index >= 15 is 0 Å². The third-order valence-electron chi connectivity index (χ3n) is 3.78. The van der Waals surface area contributed by atoms with E-state index in [1.807, 2.05) is 30.3 Å². The van der Waals surface area contributed by atoms with Crippen molar-refractivity contribution in [3.05, 3.63) is 66.7 Å². The molecule has 0 spiro atoms. The van der Waals surface area contributed by atoms with Crippen LogP contribution in [0.25, 0.3) is 11.3 Å². The zero-order chi connectivity index (χ0) is 19.1. The molecule has 0 aliphatic carbocycles. The monoisotopic (exact) mass is 365 g/mol. The van der Waals surface area contributed by atoms with Gasteiger partial charge in [0.2, 0.25) is 5.91 Å². The zero-order valence-electron chi connectivity index (χ0n) is 14.8. The second kappa shape index (κ2) is 8.66. The lowest BCUT2D eigenvalue weighted by atomic mass is 10.2. The summed E-state index contributed by atoms with van der Waals surface area (Å²) in [4.78, 5) is 27.5. The van der Waals surface area contributed by atoms with Gasteiger partial charge in [-0.05, 0) is 24.3 Å². The van der Waals surface area contributed by atoms with Crippen LogP contribution in [0.5, 0.6) is 0 Å². The summed E-state index contributed by atoms with van der Waals surface area (Å²) in [5, 5.41) is 5.33. The molecule has 3 rings (SSSR count). The summed E-state index contributed by atoms with van der Waals surface area (Å²) < 4.78 is 10.2. The highest BCUT2D eigenvalue weighted by Crippen LogP contribution is 2.20. The highest BCUT2D eigenvalue weighted by atomic mass is 16.5. The molecule has 2 amide bonds. The molecule has 7 nitrogen and oxygen atoms in total. The Morgan fingerprint density at radius 2 is 1.67 bits per heavy atom. The van der Waals surface area contributed by atoms with Gasteiger partial charge < -0.3 is 14.5 Å². The van der Waals surface area contributed by atoms with E-state index in [-0.39, 0.29) is 12.3 Å². The first-order valence-corrected chi connectivity index (χ1v) is 8.39. The third kappa shape index (κ3) is 5.18. The molecule has 3 aromatic rings. The van der Waals surface area contributed by atoms with Gasteiger partial charge in [-0.25, -0.2) is 9.78 Å². The van der Waals surface area contributed by atoms with Crippen LogP contribution in [0.4, 0.5) is 16.2 Å². The molecule has 7 heteroatoms. The number of ether oxygens (including phenoxy) is 1. The molecular formula is C20H19N3O4. The van der Waals surface area contributed by atoms with Crippen molar-refractivity contribution < 1.29 is 18.7 Å². The Morgan fingerprint density at radius 3 is 2.33 bits per heavy atom. The number of aryl methyl sites for hydroxylation is 1. The summed E-state index contributed by atoms with van der Waals surface area (Å²) in [6, 6.07) is 16.4. The Kier molecular flexibility index (Phi) is 5.84. The maximum Gasteiger partial charge on any atom is 0.411 e. The fourth-order valence-corrected chi connectivity index (χ4v) is 2.41. The molecule has 0 radical (unpaired) electrons. The van der Waals surface area contributed by atoms with Crippen LogP contribution in [-0.2, 0) is 16.0 Å². The van der Waals surface area contributed by atoms with Crippen molar-refractivity contribution in [2.45, 2.75) is 12.8 Å². The van der Waals surface area contributed by atoms with Gasteiger partial charge in [0.1, 0.15) is 0 Å². The van der Waals surface area contributed by atoms with Crippen molar-refractivity contribution >= 4 is 23.4 Å². The number of oxazole rings is 1. The molecule has 138 valence electrons. The minimum atomic E-state index is -0.549. The van der Waals surface area contributed by atoms with E-state index in [0.717, 1.165) is 5.56 Å². The van der Waals surface area contributed by atoms with Gasteiger partial charge in [-0.1, -0.05) is 30.3 Å². The minimum Gasteiger partial charge on any atom is -0.453 e. The number of amides is 2. The maximum atomic E-state index is 12.1. The van der Waals surface area contributed by atoms with Gasteiger partial charge in [0.05, 0.1) is 13.3 Å². The van der Waals surface area contributed by atoms with Gasteiger partial charge in [-0.2, -0.15) is 0 Å². The molecule has 0 aliphatic heterocycles. The molecule has 0 saturated carbocycles. The molecular weight excluding hydrogens is 346 g/mol. The fourth-order valence-electron chi connectivity index (χ4n) is 2.41. The number of nitrogens with one attached hydrogen (secondary N) is 2. The summed E-state index contributed by atoms with van der Waals surface area (Å²) in [6.45, 7) is 0. The van der Waals surface area contributed by atoms with Gasteiger partial charge in [0, 0.05) is 29.8 Å². The second-order valence-corrected chi connectivity index (χ2v) is 5.73. The van der Waals surface area contributed by atoms with E-state index in [4.69, 9.17) is 4.42 Å². The molecule has 0 saturated heterocycles. The average Bonchev–Trinajstić information content (AvgIpc) is 3.17. The molecule has 0 unspecified atom stereocenters. The van der Waals surface area contributed by atoms with Crippen molar-refractivity contribution in [3.8, 4) is 11.3 Å². The van der Waals surface area contributed by atoms with Crippen LogP contribution < -0.4 is 10.6 Å². The minimum absolute atomic E-state index is 0.150. The van der Waals surface area contributed by atoms with Crippen LogP contribution in [0, 0.1) is 0 Å². The number of anilines is 2. The van der Waals surface area contributed by atoms with Crippen molar-refractivity contribution in [2.75, 3.05) is 17.7 Å². The summed E-state index contributed by atoms with van der Waals surface area (Å²) in [6.07, 6.45) is 1.76. The lowest BCUT2D eigenvalue weighted by molar-refractivity contribution is -0.116. The Labute approximate surface area is 156 Å². The number of benzene rings is 2. The number of methoxy groups -OCH3 is 1. The van der Waals surface area contributed by atoms with E-state index in [9.17, 15) is 9.59 Å². The first kappa shape index (κ1) is 18.2. The summed E-state index contributed by atoms with van der Waals surface area (Å²) in [5.41, 5.74) is 2.15. The zero-order valence-corrected chi connectivity index (χ0v) is 14.8. The third-order valence-corrected chi connectivity index (χ3v) is 3.78. The van der Waals surface area contributed by atoms with Gasteiger partial charge in [0.15, 0.2) is 11.7 Å². The Morgan fingerprint density at radius 1 is 1.00 bits per heavy atom. The first-order valence-electron chi connectivity index (χ1n) is 8.39. The quantitative estimate of drug-likeness (QED) is 0.686. The van der Waals surface area contributed by atoms with Crippen molar-refractivity contribution in [1.82, 2.24) is 4.98 Å². The molecule has 0 bridgehead atoms. The fraction of sp³-hybridized carbons (Fsp3) is 0.150. The number of hydrogen-bond acceptors (Lipinski definition) is 5. The molecule has 1 aromatic heterocycles. The Hall–Kier alpha value is -3.61. The highest BCUT2D eigenvalue weighted by molar-refractivity contribution is 5.91. The van der Waals surface area contributed by atoms with Gasteiger partial charge in [0.25, 0.3) is 0 Å². The largest absolute Gasteiger partial charge is 0.453 e. The topological polar surface area (TPSA) is 93.5 Å². The van der Waals surface area contributed by atoms with Crippen LogP contribution in [0.2, 0.25) is 0 Å². The van der Waals surface area contributed by atoms with Crippen molar-refractivity contribution in [2.24, 2.45) is 0 Å². The Bertz CT molecular complexity index is 904. The van der Waals surface area contributed by atoms with E-state index < -0.39 is 6.09 Å². The highest BCUT2D eigenvalue weighted by Gasteiger charge is 2.09. The molecule has 0 fully saturated rings. The van der Waals surface area contributed by atoms with E-state index in [1.165, 1.54) is 7.11 Å². The maximum absolute atomic E-state index is 12.1. The predicted molar refractivity (Wildman–Crippen MR) is 101 cm³/mol. The van der Waals surface area contributed by atoms with Crippen LogP contribution in [-0.4, -0.2) is 24.1 Å². The molecule has 2 N–H and O–H groups in total. The van der Waals surface area contributed by atoms with Crippen molar-refractivity contribution in [3.63, 3.8) is 0 Å². The SMILES string of the molecule is COC(=O)Nc1ccc(NC(=O)CCc2ncc(-c3ccccc3)o2)cc1. The normalized spacial score (nSPS) is 10.3. The van der Waals surface area contributed by atoms with Gasteiger partial charge >= 0.3 is 6.09 Å². The lowest BCUT2D eigenvalue weighted by Crippen LogP contribution is -2.13.